The van der Waals surface area contributed by atoms with E-state index in [4.69, 9.17) is 23.2 Å². The Hall–Kier alpha value is -0.970. The number of hydrazine groups is 1. The van der Waals surface area contributed by atoms with Crippen molar-refractivity contribution < 1.29 is 9.90 Å². The van der Waals surface area contributed by atoms with E-state index >= 15 is 0 Å². The zero-order chi connectivity index (χ0) is 13.2. The van der Waals surface area contributed by atoms with Gasteiger partial charge in [0.1, 0.15) is 5.60 Å². The van der Waals surface area contributed by atoms with Gasteiger partial charge in [0.25, 0.3) is 5.91 Å². The van der Waals surface area contributed by atoms with Gasteiger partial charge in [-0.1, -0.05) is 23.2 Å². The van der Waals surface area contributed by atoms with Crippen molar-refractivity contribution in [3.8, 4) is 0 Å². The molecule has 0 atom stereocenters. The highest BCUT2D eigenvalue weighted by Crippen LogP contribution is 2.30. The van der Waals surface area contributed by atoms with Gasteiger partial charge in [-0.05, 0) is 43.9 Å². The zero-order valence-electron chi connectivity index (χ0n) is 9.67. The number of aliphatic hydroxyl groups is 1. The van der Waals surface area contributed by atoms with Gasteiger partial charge in [0.05, 0.1) is 10.7 Å². The molecule has 6 heteroatoms. The zero-order valence-corrected chi connectivity index (χ0v) is 11.2. The molecule has 18 heavy (non-hydrogen) atoms. The first kappa shape index (κ1) is 13.5. The van der Waals surface area contributed by atoms with Crippen molar-refractivity contribution in [1.82, 2.24) is 5.43 Å². The van der Waals surface area contributed by atoms with Crippen molar-refractivity contribution in [3.05, 3.63) is 28.2 Å². The first-order valence-electron chi connectivity index (χ1n) is 5.75. The number of hydrogen-bond acceptors (Lipinski definition) is 3. The topological polar surface area (TPSA) is 61.4 Å². The van der Waals surface area contributed by atoms with E-state index in [1.807, 2.05) is 0 Å². The molecule has 4 nitrogen and oxygen atoms in total. The fourth-order valence-electron chi connectivity index (χ4n) is 2.02. The van der Waals surface area contributed by atoms with Gasteiger partial charge in [-0.3, -0.25) is 15.6 Å². The van der Waals surface area contributed by atoms with Crippen molar-refractivity contribution in [2.75, 3.05) is 5.43 Å². The van der Waals surface area contributed by atoms with Crippen LogP contribution in [0, 0.1) is 0 Å². The summed E-state index contributed by atoms with van der Waals surface area (Å²) in [5.74, 6) is -0.425. The highest BCUT2D eigenvalue weighted by atomic mass is 35.5. The van der Waals surface area contributed by atoms with E-state index in [2.05, 4.69) is 10.9 Å². The Kier molecular flexibility index (Phi) is 4.00. The molecule has 0 heterocycles. The van der Waals surface area contributed by atoms with Gasteiger partial charge < -0.3 is 5.11 Å². The number of carbonyl (C=O) groups excluding carboxylic acids is 1. The number of carbonyl (C=O) groups is 1. The second-order valence-electron chi connectivity index (χ2n) is 4.44. The minimum absolute atomic E-state index is 0.404. The molecule has 1 aliphatic rings. The molecule has 1 aromatic rings. The minimum atomic E-state index is -1.26. The lowest BCUT2D eigenvalue weighted by Crippen LogP contribution is -2.46. The second-order valence-corrected chi connectivity index (χ2v) is 5.29. The van der Waals surface area contributed by atoms with E-state index in [-0.39, 0.29) is 0 Å². The average Bonchev–Trinajstić information content (AvgIpc) is 2.76. The number of halogens is 2. The maximum Gasteiger partial charge on any atom is 0.270 e. The molecule has 1 aromatic carbocycles. The lowest BCUT2D eigenvalue weighted by molar-refractivity contribution is -0.138. The molecule has 98 valence electrons. The maximum absolute atomic E-state index is 11.8. The molecule has 0 unspecified atom stereocenters. The van der Waals surface area contributed by atoms with Crippen LogP contribution in [0.2, 0.25) is 10.0 Å². The van der Waals surface area contributed by atoms with E-state index < -0.39 is 11.5 Å². The molecule has 0 radical (unpaired) electrons. The molecule has 1 fully saturated rings. The van der Waals surface area contributed by atoms with Crippen LogP contribution in [-0.2, 0) is 4.79 Å². The normalized spacial score (nSPS) is 17.5. The first-order valence-corrected chi connectivity index (χ1v) is 6.51. The summed E-state index contributed by atoms with van der Waals surface area (Å²) in [6.45, 7) is 0. The van der Waals surface area contributed by atoms with Crippen molar-refractivity contribution >= 4 is 34.8 Å². The van der Waals surface area contributed by atoms with Gasteiger partial charge in [-0.2, -0.15) is 0 Å². The van der Waals surface area contributed by atoms with Gasteiger partial charge in [0, 0.05) is 5.02 Å². The van der Waals surface area contributed by atoms with Crippen molar-refractivity contribution in [3.63, 3.8) is 0 Å². The van der Waals surface area contributed by atoms with E-state index in [1.54, 1.807) is 18.2 Å². The Morgan fingerprint density at radius 2 is 1.94 bits per heavy atom. The Labute approximate surface area is 115 Å². The van der Waals surface area contributed by atoms with E-state index in [0.717, 1.165) is 12.8 Å². The molecule has 1 aliphatic carbocycles. The Morgan fingerprint density at radius 3 is 2.56 bits per heavy atom. The standard InChI is InChI=1S/C12H14Cl2N2O2/c13-8-3-4-10(9(14)7-8)15-16-11(17)12(18)5-1-2-6-12/h3-4,7,15,18H,1-2,5-6H2,(H,16,17). The summed E-state index contributed by atoms with van der Waals surface area (Å²) < 4.78 is 0. The third-order valence-electron chi connectivity index (χ3n) is 3.10. The Balaban J connectivity index is 1.97. The Morgan fingerprint density at radius 1 is 1.28 bits per heavy atom. The van der Waals surface area contributed by atoms with Crippen molar-refractivity contribution in [2.24, 2.45) is 0 Å². The number of amides is 1. The highest BCUT2D eigenvalue weighted by Gasteiger charge is 2.38. The smallest absolute Gasteiger partial charge is 0.270 e. The van der Waals surface area contributed by atoms with Crippen LogP contribution in [0.25, 0.3) is 0 Å². The van der Waals surface area contributed by atoms with Crippen LogP contribution in [0.15, 0.2) is 18.2 Å². The molecule has 0 aromatic heterocycles. The number of hydrogen-bond donors (Lipinski definition) is 3. The van der Waals surface area contributed by atoms with Gasteiger partial charge in [0.2, 0.25) is 0 Å². The quantitative estimate of drug-likeness (QED) is 0.750. The van der Waals surface area contributed by atoms with Crippen LogP contribution in [0.5, 0.6) is 0 Å². The fourth-order valence-corrected chi connectivity index (χ4v) is 2.47. The van der Waals surface area contributed by atoms with Crippen LogP contribution in [-0.4, -0.2) is 16.6 Å². The average molecular weight is 289 g/mol. The minimum Gasteiger partial charge on any atom is -0.380 e. The molecule has 0 bridgehead atoms. The summed E-state index contributed by atoms with van der Waals surface area (Å²) >= 11 is 11.7. The summed E-state index contributed by atoms with van der Waals surface area (Å²) in [5, 5.41) is 11.0. The lowest BCUT2D eigenvalue weighted by Gasteiger charge is -2.21. The first-order chi connectivity index (χ1) is 8.51. The van der Waals surface area contributed by atoms with Crippen LogP contribution < -0.4 is 10.9 Å². The summed E-state index contributed by atoms with van der Waals surface area (Å²) in [7, 11) is 0. The van der Waals surface area contributed by atoms with Crippen LogP contribution in [0.4, 0.5) is 5.69 Å². The van der Waals surface area contributed by atoms with E-state index in [0.29, 0.717) is 28.6 Å². The summed E-state index contributed by atoms with van der Waals surface area (Å²) in [6, 6.07) is 4.89. The number of benzene rings is 1. The van der Waals surface area contributed by atoms with Crippen molar-refractivity contribution in [2.45, 2.75) is 31.3 Å². The molecule has 1 amide bonds. The third-order valence-corrected chi connectivity index (χ3v) is 3.64. The molecule has 0 aliphatic heterocycles. The Bertz CT molecular complexity index is 459. The summed E-state index contributed by atoms with van der Waals surface area (Å²) in [5.41, 5.74) is 4.45. The molecule has 1 saturated carbocycles. The van der Waals surface area contributed by atoms with Crippen LogP contribution in [0.1, 0.15) is 25.7 Å². The van der Waals surface area contributed by atoms with E-state index in [1.165, 1.54) is 0 Å². The monoisotopic (exact) mass is 288 g/mol. The molecule has 3 N–H and O–H groups in total. The molecule has 0 saturated heterocycles. The number of rotatable bonds is 3. The predicted octanol–water partition coefficient (Wildman–Crippen LogP) is 2.74. The van der Waals surface area contributed by atoms with Gasteiger partial charge >= 0.3 is 0 Å². The van der Waals surface area contributed by atoms with Crippen LogP contribution in [0.3, 0.4) is 0 Å². The number of nitrogens with one attached hydrogen (secondary N) is 2. The third kappa shape index (κ3) is 2.88. The van der Waals surface area contributed by atoms with Gasteiger partial charge in [-0.15, -0.1) is 0 Å². The summed E-state index contributed by atoms with van der Waals surface area (Å²) in [4.78, 5) is 11.8. The van der Waals surface area contributed by atoms with E-state index in [9.17, 15) is 9.90 Å². The molecule has 0 spiro atoms. The van der Waals surface area contributed by atoms with Crippen LogP contribution >= 0.6 is 23.2 Å². The van der Waals surface area contributed by atoms with Gasteiger partial charge in [0.15, 0.2) is 0 Å². The molecular formula is C12H14Cl2N2O2. The SMILES string of the molecule is O=C(NNc1ccc(Cl)cc1Cl)C1(O)CCCC1. The molecule has 2 rings (SSSR count). The second kappa shape index (κ2) is 5.34. The fraction of sp³-hybridized carbons (Fsp3) is 0.417. The largest absolute Gasteiger partial charge is 0.380 e. The summed E-state index contributed by atoms with van der Waals surface area (Å²) in [6.07, 6.45) is 2.72. The lowest BCUT2D eigenvalue weighted by atomic mass is 10.0. The predicted molar refractivity (Wildman–Crippen MR) is 71.6 cm³/mol. The number of anilines is 1. The highest BCUT2D eigenvalue weighted by molar-refractivity contribution is 6.36. The van der Waals surface area contributed by atoms with Crippen molar-refractivity contribution in [1.29, 1.82) is 0 Å². The van der Waals surface area contributed by atoms with Gasteiger partial charge in [-0.25, -0.2) is 0 Å². The molecular weight excluding hydrogens is 275 g/mol. The maximum atomic E-state index is 11.8.